The van der Waals surface area contributed by atoms with E-state index in [-0.39, 0.29) is 11.5 Å². The summed E-state index contributed by atoms with van der Waals surface area (Å²) < 4.78 is 10.4. The number of rotatable bonds is 6. The fourth-order valence-electron chi connectivity index (χ4n) is 3.97. The topological polar surface area (TPSA) is 109 Å². The van der Waals surface area contributed by atoms with Crippen molar-refractivity contribution in [1.82, 2.24) is 9.97 Å². The minimum absolute atomic E-state index is 0.0139. The summed E-state index contributed by atoms with van der Waals surface area (Å²) in [5.74, 6) is 0.667. The van der Waals surface area contributed by atoms with Crippen molar-refractivity contribution in [2.75, 3.05) is 14.2 Å². The highest BCUT2D eigenvalue weighted by Crippen LogP contribution is 2.43. The quantitative estimate of drug-likeness (QED) is 0.239. The molecule has 8 heteroatoms. The molecule has 0 radical (unpaired) electrons. The first-order valence-electron chi connectivity index (χ1n) is 11.1. The van der Waals surface area contributed by atoms with Gasteiger partial charge in [-0.15, -0.1) is 0 Å². The molecule has 36 heavy (non-hydrogen) atoms. The number of fused-ring (bicyclic) bond motifs is 3. The van der Waals surface area contributed by atoms with Gasteiger partial charge in [0.2, 0.25) is 0 Å². The Bertz CT molecular complexity index is 1520. The number of phenolic OH excluding ortho intramolecular Hbond substituents is 2. The maximum atomic E-state index is 10.5. The highest BCUT2D eigenvalue weighted by atomic mass is 16.5. The van der Waals surface area contributed by atoms with Gasteiger partial charge >= 0.3 is 0 Å². The lowest BCUT2D eigenvalue weighted by Crippen LogP contribution is -1.91. The van der Waals surface area contributed by atoms with Gasteiger partial charge < -0.3 is 19.7 Å². The Morgan fingerprint density at radius 1 is 0.639 bits per heavy atom. The fraction of sp³-hybridized carbons (Fsp3) is 0.0714. The molecule has 0 aliphatic heterocycles. The third-order valence-electron chi connectivity index (χ3n) is 5.74. The van der Waals surface area contributed by atoms with Gasteiger partial charge in [0.25, 0.3) is 0 Å². The average Bonchev–Trinajstić information content (AvgIpc) is 2.92. The molecule has 0 bridgehead atoms. The van der Waals surface area contributed by atoms with Gasteiger partial charge in [0, 0.05) is 46.7 Å². The molecule has 0 saturated heterocycles. The minimum Gasteiger partial charge on any atom is -0.504 e. The number of phenols is 2. The van der Waals surface area contributed by atoms with E-state index in [1.807, 2.05) is 24.3 Å². The molecule has 8 nitrogen and oxygen atoms in total. The summed E-state index contributed by atoms with van der Waals surface area (Å²) >= 11 is 0. The molecule has 0 spiro atoms. The van der Waals surface area contributed by atoms with E-state index in [1.54, 1.807) is 61.2 Å². The van der Waals surface area contributed by atoms with E-state index < -0.39 is 0 Å². The van der Waals surface area contributed by atoms with E-state index in [2.05, 4.69) is 9.97 Å². The number of para-hydroxylation sites is 2. The highest BCUT2D eigenvalue weighted by Gasteiger charge is 2.16. The Morgan fingerprint density at radius 3 is 1.50 bits per heavy atom. The van der Waals surface area contributed by atoms with Crippen molar-refractivity contribution in [3.63, 3.8) is 0 Å². The molecular formula is C28H22N4O4. The first-order chi connectivity index (χ1) is 17.6. The van der Waals surface area contributed by atoms with Gasteiger partial charge in [0.05, 0.1) is 36.6 Å². The van der Waals surface area contributed by atoms with Crippen molar-refractivity contribution >= 4 is 45.6 Å². The van der Waals surface area contributed by atoms with Gasteiger partial charge in [-0.05, 0) is 48.5 Å². The zero-order valence-corrected chi connectivity index (χ0v) is 19.6. The van der Waals surface area contributed by atoms with Crippen LogP contribution in [0.3, 0.4) is 0 Å². The summed E-state index contributed by atoms with van der Waals surface area (Å²) in [6, 6.07) is 17.8. The van der Waals surface area contributed by atoms with E-state index in [1.165, 1.54) is 14.2 Å². The van der Waals surface area contributed by atoms with Gasteiger partial charge in [-0.25, -0.2) is 0 Å². The number of hydrogen-bond donors (Lipinski definition) is 2. The van der Waals surface area contributed by atoms with Gasteiger partial charge in [-0.1, -0.05) is 12.1 Å². The SMILES string of the molecule is COc1cccc(C=Nc2c(N=Cc3cccc(OC)c3O)c3cccnc3c3ncccc23)c1O. The van der Waals surface area contributed by atoms with Crippen LogP contribution in [-0.2, 0) is 0 Å². The van der Waals surface area contributed by atoms with Crippen LogP contribution in [0.2, 0.25) is 0 Å². The van der Waals surface area contributed by atoms with Crippen LogP contribution in [0, 0.1) is 0 Å². The Morgan fingerprint density at radius 2 is 1.08 bits per heavy atom. The lowest BCUT2D eigenvalue weighted by molar-refractivity contribution is 0.373. The van der Waals surface area contributed by atoms with Crippen molar-refractivity contribution in [1.29, 1.82) is 0 Å². The number of ether oxygens (including phenoxy) is 2. The number of benzene rings is 3. The summed E-state index contributed by atoms with van der Waals surface area (Å²) in [5.41, 5.74) is 3.41. The predicted molar refractivity (Wildman–Crippen MR) is 141 cm³/mol. The Balaban J connectivity index is 1.76. The van der Waals surface area contributed by atoms with Crippen LogP contribution in [-0.4, -0.2) is 46.8 Å². The van der Waals surface area contributed by atoms with Crippen molar-refractivity contribution in [3.05, 3.63) is 84.2 Å². The first-order valence-corrected chi connectivity index (χ1v) is 11.1. The molecule has 5 rings (SSSR count). The smallest absolute Gasteiger partial charge is 0.166 e. The van der Waals surface area contributed by atoms with Gasteiger partial charge in [0.1, 0.15) is 0 Å². The lowest BCUT2D eigenvalue weighted by atomic mass is 10.1. The van der Waals surface area contributed by atoms with E-state index in [0.29, 0.717) is 45.0 Å². The molecule has 2 N–H and O–H groups in total. The lowest BCUT2D eigenvalue weighted by Gasteiger charge is -2.11. The standard InChI is InChI=1S/C28H22N4O4/c1-35-21-11-3-7-17(27(21)33)15-31-25-19-9-5-13-29-23(19)24-20(10-6-14-30-24)26(25)32-16-18-8-4-12-22(36-2)28(18)34/h3-16,33-34H,1-2H3. The molecule has 2 aromatic heterocycles. The second kappa shape index (κ2) is 9.71. The summed E-state index contributed by atoms with van der Waals surface area (Å²) in [4.78, 5) is 18.6. The summed E-state index contributed by atoms with van der Waals surface area (Å²) in [5, 5.41) is 22.6. The van der Waals surface area contributed by atoms with E-state index in [4.69, 9.17) is 19.5 Å². The number of nitrogens with zero attached hydrogens (tertiary/aromatic N) is 4. The molecule has 0 aliphatic carbocycles. The first kappa shape index (κ1) is 22.8. The van der Waals surface area contributed by atoms with Gasteiger partial charge in [-0.3, -0.25) is 20.0 Å². The monoisotopic (exact) mass is 478 g/mol. The van der Waals surface area contributed by atoms with Crippen molar-refractivity contribution in [2.45, 2.75) is 0 Å². The molecule has 0 unspecified atom stereocenters. The van der Waals surface area contributed by atoms with E-state index >= 15 is 0 Å². The molecular weight excluding hydrogens is 456 g/mol. The third-order valence-corrected chi connectivity index (χ3v) is 5.74. The Labute approximate surface area is 206 Å². The van der Waals surface area contributed by atoms with Crippen LogP contribution in [0.1, 0.15) is 11.1 Å². The third kappa shape index (κ3) is 4.05. The fourth-order valence-corrected chi connectivity index (χ4v) is 3.97. The zero-order chi connectivity index (χ0) is 25.1. The van der Waals surface area contributed by atoms with Crippen LogP contribution in [0.5, 0.6) is 23.0 Å². The molecule has 0 aliphatic rings. The van der Waals surface area contributed by atoms with Crippen LogP contribution in [0.25, 0.3) is 21.8 Å². The maximum Gasteiger partial charge on any atom is 0.166 e. The second-order valence-corrected chi connectivity index (χ2v) is 7.81. The number of aromatic hydroxyl groups is 2. The normalized spacial score (nSPS) is 11.6. The van der Waals surface area contributed by atoms with Crippen molar-refractivity contribution < 1.29 is 19.7 Å². The zero-order valence-electron chi connectivity index (χ0n) is 19.6. The second-order valence-electron chi connectivity index (χ2n) is 7.81. The molecule has 5 aromatic rings. The molecule has 178 valence electrons. The van der Waals surface area contributed by atoms with E-state index in [9.17, 15) is 10.2 Å². The Kier molecular flexibility index (Phi) is 6.15. The summed E-state index contributed by atoms with van der Waals surface area (Å²) in [6.07, 6.45) is 6.53. The molecule has 0 amide bonds. The van der Waals surface area contributed by atoms with Gasteiger partial charge in [-0.2, -0.15) is 0 Å². The largest absolute Gasteiger partial charge is 0.504 e. The molecule has 2 heterocycles. The molecule has 3 aromatic carbocycles. The summed E-state index contributed by atoms with van der Waals surface area (Å²) in [6.45, 7) is 0. The van der Waals surface area contributed by atoms with Crippen LogP contribution in [0.15, 0.2) is 83.0 Å². The summed E-state index contributed by atoms with van der Waals surface area (Å²) in [7, 11) is 2.98. The predicted octanol–water partition coefficient (Wildman–Crippen LogP) is 5.71. The van der Waals surface area contributed by atoms with E-state index in [0.717, 1.165) is 10.8 Å². The van der Waals surface area contributed by atoms with Crippen molar-refractivity contribution in [3.8, 4) is 23.0 Å². The average molecular weight is 479 g/mol. The number of hydrogen-bond acceptors (Lipinski definition) is 8. The van der Waals surface area contributed by atoms with Gasteiger partial charge in [0.15, 0.2) is 23.0 Å². The van der Waals surface area contributed by atoms with Crippen molar-refractivity contribution in [2.24, 2.45) is 9.98 Å². The highest BCUT2D eigenvalue weighted by molar-refractivity contribution is 6.17. The number of pyridine rings is 2. The number of aromatic nitrogens is 2. The van der Waals surface area contributed by atoms with Crippen LogP contribution >= 0.6 is 0 Å². The minimum atomic E-state index is -0.0139. The molecule has 0 saturated carbocycles. The molecule has 0 atom stereocenters. The molecule has 0 fully saturated rings. The number of methoxy groups -OCH3 is 2. The van der Waals surface area contributed by atoms with Crippen LogP contribution in [0.4, 0.5) is 11.4 Å². The number of aliphatic imine (C=N–C) groups is 2. The van der Waals surface area contributed by atoms with Crippen LogP contribution < -0.4 is 9.47 Å². The maximum absolute atomic E-state index is 10.5. The Hall–Kier alpha value is -4.98.